The Morgan fingerprint density at radius 2 is 2.15 bits per heavy atom. The van der Waals surface area contributed by atoms with E-state index in [-0.39, 0.29) is 0 Å². The lowest BCUT2D eigenvalue weighted by Crippen LogP contribution is -2.08. The van der Waals surface area contributed by atoms with Gasteiger partial charge in [0.25, 0.3) is 0 Å². The van der Waals surface area contributed by atoms with E-state index >= 15 is 0 Å². The van der Waals surface area contributed by atoms with Gasteiger partial charge in [-0.3, -0.25) is 0 Å². The third-order valence-electron chi connectivity index (χ3n) is 2.59. The summed E-state index contributed by atoms with van der Waals surface area (Å²) in [6.07, 6.45) is -4.52. The molecule has 0 fully saturated rings. The monoisotopic (exact) mass is 297 g/mol. The summed E-state index contributed by atoms with van der Waals surface area (Å²) in [5.74, 6) is 0. The van der Waals surface area contributed by atoms with Gasteiger partial charge in [-0.1, -0.05) is 0 Å². The Morgan fingerprint density at radius 1 is 1.40 bits per heavy atom. The van der Waals surface area contributed by atoms with Crippen LogP contribution in [0.4, 0.5) is 18.9 Å². The number of nitrogens with zero attached hydrogens (tertiary/aromatic N) is 2. The molecule has 1 aromatic heterocycles. The van der Waals surface area contributed by atoms with E-state index in [4.69, 9.17) is 5.26 Å². The molecule has 0 aliphatic rings. The van der Waals surface area contributed by atoms with Gasteiger partial charge in [-0.25, -0.2) is 4.98 Å². The Bertz CT molecular complexity index is 656. The molecule has 1 N–H and O–H groups in total. The predicted octanol–water partition coefficient (Wildman–Crippen LogP) is 3.95. The standard InChI is InChI=1S/C13H10F3N3S/c1-8-19-11(7-20-8)6-18-10-2-3-12(13(14,15)16)9(4-10)5-17/h2-4,7,18H,6H2,1H3. The SMILES string of the molecule is Cc1nc(CNc2ccc(C(F)(F)F)c(C#N)c2)cs1. The Balaban J connectivity index is 2.16. The molecule has 0 saturated carbocycles. The summed E-state index contributed by atoms with van der Waals surface area (Å²) < 4.78 is 37.9. The van der Waals surface area contributed by atoms with E-state index in [0.717, 1.165) is 16.8 Å². The fourth-order valence-electron chi connectivity index (χ4n) is 1.68. The van der Waals surface area contributed by atoms with E-state index in [1.165, 1.54) is 23.5 Å². The molecule has 0 aliphatic carbocycles. The Kier molecular flexibility index (Phi) is 3.95. The first-order valence-electron chi connectivity index (χ1n) is 5.66. The van der Waals surface area contributed by atoms with Crippen LogP contribution in [0.3, 0.4) is 0 Å². The van der Waals surface area contributed by atoms with E-state index in [2.05, 4.69) is 10.3 Å². The van der Waals surface area contributed by atoms with E-state index in [1.807, 2.05) is 12.3 Å². The number of alkyl halides is 3. The van der Waals surface area contributed by atoms with Crippen molar-refractivity contribution < 1.29 is 13.2 Å². The summed E-state index contributed by atoms with van der Waals surface area (Å²) in [5, 5.41) is 14.6. The number of anilines is 1. The Hall–Kier alpha value is -2.07. The molecule has 0 bridgehead atoms. The van der Waals surface area contributed by atoms with Crippen molar-refractivity contribution in [3.05, 3.63) is 45.4 Å². The zero-order chi connectivity index (χ0) is 14.8. The number of aromatic nitrogens is 1. The third kappa shape index (κ3) is 3.27. The highest BCUT2D eigenvalue weighted by atomic mass is 32.1. The second-order valence-electron chi connectivity index (χ2n) is 4.08. The lowest BCUT2D eigenvalue weighted by Gasteiger charge is -2.11. The molecule has 2 aromatic rings. The summed E-state index contributed by atoms with van der Waals surface area (Å²) >= 11 is 1.50. The molecule has 104 valence electrons. The zero-order valence-corrected chi connectivity index (χ0v) is 11.3. The summed E-state index contributed by atoms with van der Waals surface area (Å²) in [5.41, 5.74) is -0.0434. The van der Waals surface area contributed by atoms with Crippen molar-refractivity contribution in [1.82, 2.24) is 4.98 Å². The van der Waals surface area contributed by atoms with E-state index < -0.39 is 17.3 Å². The molecule has 2 rings (SSSR count). The van der Waals surface area contributed by atoms with Gasteiger partial charge in [0.05, 0.1) is 34.4 Å². The van der Waals surface area contributed by atoms with Crippen LogP contribution in [0.15, 0.2) is 23.6 Å². The largest absolute Gasteiger partial charge is 0.417 e. The van der Waals surface area contributed by atoms with E-state index in [0.29, 0.717) is 12.2 Å². The molecular formula is C13H10F3N3S. The second-order valence-corrected chi connectivity index (χ2v) is 5.14. The van der Waals surface area contributed by atoms with Gasteiger partial charge in [-0.2, -0.15) is 18.4 Å². The van der Waals surface area contributed by atoms with Crippen molar-refractivity contribution in [2.45, 2.75) is 19.6 Å². The van der Waals surface area contributed by atoms with Crippen molar-refractivity contribution in [3.8, 4) is 6.07 Å². The highest BCUT2D eigenvalue weighted by molar-refractivity contribution is 7.09. The van der Waals surface area contributed by atoms with Gasteiger partial charge >= 0.3 is 6.18 Å². The van der Waals surface area contributed by atoms with Crippen molar-refractivity contribution in [3.63, 3.8) is 0 Å². The van der Waals surface area contributed by atoms with Crippen molar-refractivity contribution in [1.29, 1.82) is 5.26 Å². The lowest BCUT2D eigenvalue weighted by molar-refractivity contribution is -0.137. The molecule has 20 heavy (non-hydrogen) atoms. The van der Waals surface area contributed by atoms with Gasteiger partial charge in [0, 0.05) is 11.1 Å². The summed E-state index contributed by atoms with van der Waals surface area (Å²) in [7, 11) is 0. The normalized spacial score (nSPS) is 11.2. The van der Waals surface area contributed by atoms with Crippen LogP contribution in [-0.2, 0) is 12.7 Å². The van der Waals surface area contributed by atoms with Crippen LogP contribution in [0, 0.1) is 18.3 Å². The number of benzene rings is 1. The number of hydrogen-bond acceptors (Lipinski definition) is 4. The number of hydrogen-bond donors (Lipinski definition) is 1. The first-order valence-corrected chi connectivity index (χ1v) is 6.54. The van der Waals surface area contributed by atoms with Gasteiger partial charge in [-0.15, -0.1) is 11.3 Å². The molecule has 3 nitrogen and oxygen atoms in total. The topological polar surface area (TPSA) is 48.7 Å². The van der Waals surface area contributed by atoms with Gasteiger partial charge in [0.15, 0.2) is 0 Å². The maximum absolute atomic E-state index is 12.6. The summed E-state index contributed by atoms with van der Waals surface area (Å²) in [6, 6.07) is 4.99. The molecule has 0 spiro atoms. The number of rotatable bonds is 3. The van der Waals surface area contributed by atoms with Gasteiger partial charge in [0.1, 0.15) is 0 Å². The number of thiazole rings is 1. The number of halogens is 3. The van der Waals surface area contributed by atoms with Crippen LogP contribution in [0.2, 0.25) is 0 Å². The first-order chi connectivity index (χ1) is 9.40. The van der Waals surface area contributed by atoms with Crippen molar-refractivity contribution in [2.75, 3.05) is 5.32 Å². The molecular weight excluding hydrogens is 287 g/mol. The molecule has 7 heteroatoms. The van der Waals surface area contributed by atoms with Gasteiger partial charge < -0.3 is 5.32 Å². The lowest BCUT2D eigenvalue weighted by atomic mass is 10.1. The minimum Gasteiger partial charge on any atom is -0.379 e. The molecule has 1 aromatic carbocycles. The fraction of sp³-hybridized carbons (Fsp3) is 0.231. The first kappa shape index (κ1) is 14.3. The average molecular weight is 297 g/mol. The van der Waals surface area contributed by atoms with E-state index in [9.17, 15) is 13.2 Å². The molecule has 0 unspecified atom stereocenters. The van der Waals surface area contributed by atoms with Crippen LogP contribution in [0.25, 0.3) is 0 Å². The number of aryl methyl sites for hydroxylation is 1. The minimum absolute atomic E-state index is 0.392. The molecule has 0 atom stereocenters. The zero-order valence-electron chi connectivity index (χ0n) is 10.5. The minimum atomic E-state index is -4.52. The maximum atomic E-state index is 12.6. The van der Waals surface area contributed by atoms with Crippen molar-refractivity contribution >= 4 is 17.0 Å². The van der Waals surface area contributed by atoms with Crippen LogP contribution in [0.5, 0.6) is 0 Å². The predicted molar refractivity (Wildman–Crippen MR) is 70.3 cm³/mol. The highest BCUT2D eigenvalue weighted by Gasteiger charge is 2.33. The van der Waals surface area contributed by atoms with Gasteiger partial charge in [-0.05, 0) is 25.1 Å². The molecule has 0 saturated heterocycles. The highest BCUT2D eigenvalue weighted by Crippen LogP contribution is 2.33. The quantitative estimate of drug-likeness (QED) is 0.933. The second kappa shape index (κ2) is 5.51. The summed E-state index contributed by atoms with van der Waals surface area (Å²) in [6.45, 7) is 2.28. The van der Waals surface area contributed by atoms with E-state index in [1.54, 1.807) is 6.07 Å². The average Bonchev–Trinajstić information content (AvgIpc) is 2.80. The number of nitriles is 1. The molecule has 1 heterocycles. The fourth-order valence-corrected chi connectivity index (χ4v) is 2.29. The molecule has 0 radical (unpaired) electrons. The van der Waals surface area contributed by atoms with Crippen LogP contribution in [-0.4, -0.2) is 4.98 Å². The Labute approximate surface area is 117 Å². The number of nitrogens with one attached hydrogen (secondary N) is 1. The van der Waals surface area contributed by atoms with Crippen LogP contribution in [0.1, 0.15) is 21.8 Å². The van der Waals surface area contributed by atoms with Crippen LogP contribution >= 0.6 is 11.3 Å². The summed E-state index contributed by atoms with van der Waals surface area (Å²) in [4.78, 5) is 4.24. The van der Waals surface area contributed by atoms with Crippen molar-refractivity contribution in [2.24, 2.45) is 0 Å². The molecule has 0 amide bonds. The van der Waals surface area contributed by atoms with Gasteiger partial charge in [0.2, 0.25) is 0 Å². The smallest absolute Gasteiger partial charge is 0.379 e. The third-order valence-corrected chi connectivity index (χ3v) is 3.41. The maximum Gasteiger partial charge on any atom is 0.417 e. The Morgan fingerprint density at radius 3 is 2.70 bits per heavy atom. The molecule has 0 aliphatic heterocycles. The van der Waals surface area contributed by atoms with Crippen LogP contribution < -0.4 is 5.32 Å².